The van der Waals surface area contributed by atoms with Gasteiger partial charge in [-0.2, -0.15) is 0 Å². The largest absolute Gasteiger partial charge is 0.494 e. The van der Waals surface area contributed by atoms with Crippen LogP contribution in [0.3, 0.4) is 0 Å². The summed E-state index contributed by atoms with van der Waals surface area (Å²) in [6.07, 6.45) is 1.58. The van der Waals surface area contributed by atoms with Crippen molar-refractivity contribution in [2.45, 2.75) is 6.92 Å². The number of carbonyl (C=O) groups is 1. The van der Waals surface area contributed by atoms with Crippen LogP contribution in [0.2, 0.25) is 5.02 Å². The van der Waals surface area contributed by atoms with Gasteiger partial charge in [0.15, 0.2) is 0 Å². The highest BCUT2D eigenvalue weighted by Gasteiger charge is 2.09. The SMILES string of the molecule is CCOc1ccc(NC(=O)c2ccnc(Nc3ccccc3Cl)c2)cc1. The van der Waals surface area contributed by atoms with Crippen molar-refractivity contribution in [1.29, 1.82) is 0 Å². The van der Waals surface area contributed by atoms with E-state index in [0.29, 0.717) is 28.7 Å². The molecule has 0 unspecified atom stereocenters. The zero-order valence-electron chi connectivity index (χ0n) is 14.2. The smallest absolute Gasteiger partial charge is 0.255 e. The molecular weight excluding hydrogens is 350 g/mol. The Hall–Kier alpha value is -3.05. The number of para-hydroxylation sites is 1. The molecule has 0 fully saturated rings. The van der Waals surface area contributed by atoms with E-state index in [4.69, 9.17) is 16.3 Å². The molecule has 0 bridgehead atoms. The summed E-state index contributed by atoms with van der Waals surface area (Å²) in [6.45, 7) is 2.53. The Balaban J connectivity index is 1.71. The van der Waals surface area contributed by atoms with Gasteiger partial charge in [0, 0.05) is 17.4 Å². The van der Waals surface area contributed by atoms with Gasteiger partial charge in [0.2, 0.25) is 0 Å². The fraction of sp³-hybridized carbons (Fsp3) is 0.100. The van der Waals surface area contributed by atoms with Crippen LogP contribution < -0.4 is 15.4 Å². The first-order valence-corrected chi connectivity index (χ1v) is 8.55. The third-order valence-corrected chi connectivity index (χ3v) is 3.91. The summed E-state index contributed by atoms with van der Waals surface area (Å²) in [6, 6.07) is 17.9. The summed E-state index contributed by atoms with van der Waals surface area (Å²) in [5.74, 6) is 1.08. The molecule has 1 heterocycles. The number of ether oxygens (including phenoxy) is 1. The van der Waals surface area contributed by atoms with Gasteiger partial charge in [-0.1, -0.05) is 23.7 Å². The van der Waals surface area contributed by atoms with Crippen LogP contribution in [0, 0.1) is 0 Å². The predicted octanol–water partition coefficient (Wildman–Crippen LogP) is 5.13. The molecule has 1 amide bonds. The van der Waals surface area contributed by atoms with Gasteiger partial charge in [-0.25, -0.2) is 4.98 Å². The van der Waals surface area contributed by atoms with Crippen molar-refractivity contribution < 1.29 is 9.53 Å². The molecule has 3 rings (SSSR count). The molecule has 6 heteroatoms. The molecule has 5 nitrogen and oxygen atoms in total. The monoisotopic (exact) mass is 367 g/mol. The van der Waals surface area contributed by atoms with Gasteiger partial charge in [0.25, 0.3) is 5.91 Å². The zero-order valence-corrected chi connectivity index (χ0v) is 15.0. The lowest BCUT2D eigenvalue weighted by atomic mass is 10.2. The first-order valence-electron chi connectivity index (χ1n) is 8.17. The van der Waals surface area contributed by atoms with Crippen LogP contribution in [0.4, 0.5) is 17.2 Å². The van der Waals surface area contributed by atoms with Crippen LogP contribution in [-0.4, -0.2) is 17.5 Å². The number of hydrogen-bond acceptors (Lipinski definition) is 4. The van der Waals surface area contributed by atoms with E-state index in [0.717, 1.165) is 11.4 Å². The van der Waals surface area contributed by atoms with Crippen molar-refractivity contribution in [1.82, 2.24) is 4.98 Å². The molecule has 0 aliphatic carbocycles. The first-order chi connectivity index (χ1) is 12.7. The zero-order chi connectivity index (χ0) is 18.4. The Labute approximate surface area is 157 Å². The van der Waals surface area contributed by atoms with E-state index in [1.54, 1.807) is 36.5 Å². The average Bonchev–Trinajstić information content (AvgIpc) is 2.66. The Morgan fingerprint density at radius 1 is 1.12 bits per heavy atom. The molecule has 0 aliphatic rings. The lowest BCUT2D eigenvalue weighted by Crippen LogP contribution is -2.12. The third-order valence-electron chi connectivity index (χ3n) is 3.58. The second kappa shape index (κ2) is 8.36. The Bertz CT molecular complexity index is 898. The minimum atomic E-state index is -0.223. The molecule has 2 N–H and O–H groups in total. The quantitative estimate of drug-likeness (QED) is 0.634. The van der Waals surface area contributed by atoms with Gasteiger partial charge in [-0.15, -0.1) is 0 Å². The summed E-state index contributed by atoms with van der Waals surface area (Å²) < 4.78 is 5.39. The molecule has 0 radical (unpaired) electrons. The standard InChI is InChI=1S/C20H18ClN3O2/c1-2-26-16-9-7-15(8-10-16)23-20(25)14-11-12-22-19(13-14)24-18-6-4-3-5-17(18)21/h3-13H,2H2,1H3,(H,22,24)(H,23,25). The second-order valence-corrected chi connectivity index (χ2v) is 5.85. The van der Waals surface area contributed by atoms with Gasteiger partial charge >= 0.3 is 0 Å². The number of benzene rings is 2. The number of nitrogens with zero attached hydrogens (tertiary/aromatic N) is 1. The molecule has 0 saturated carbocycles. The molecule has 26 heavy (non-hydrogen) atoms. The normalized spacial score (nSPS) is 10.2. The van der Waals surface area contributed by atoms with E-state index < -0.39 is 0 Å². The maximum atomic E-state index is 12.5. The van der Waals surface area contributed by atoms with Crippen molar-refractivity contribution in [2.75, 3.05) is 17.2 Å². The summed E-state index contributed by atoms with van der Waals surface area (Å²) in [4.78, 5) is 16.7. The summed E-state index contributed by atoms with van der Waals surface area (Å²) in [5, 5.41) is 6.55. The topological polar surface area (TPSA) is 63.2 Å². The third kappa shape index (κ3) is 4.52. The van der Waals surface area contributed by atoms with Crippen molar-refractivity contribution in [2.24, 2.45) is 0 Å². The van der Waals surface area contributed by atoms with Crippen LogP contribution in [-0.2, 0) is 0 Å². The Morgan fingerprint density at radius 2 is 1.88 bits per heavy atom. The minimum absolute atomic E-state index is 0.223. The molecule has 132 valence electrons. The molecular formula is C20H18ClN3O2. The highest BCUT2D eigenvalue weighted by atomic mass is 35.5. The number of hydrogen-bond donors (Lipinski definition) is 2. The average molecular weight is 368 g/mol. The number of halogens is 1. The van der Waals surface area contributed by atoms with Crippen LogP contribution in [0.5, 0.6) is 5.75 Å². The van der Waals surface area contributed by atoms with E-state index in [2.05, 4.69) is 15.6 Å². The molecule has 0 atom stereocenters. The van der Waals surface area contributed by atoms with Gasteiger partial charge in [-0.3, -0.25) is 4.79 Å². The molecule has 0 spiro atoms. The van der Waals surface area contributed by atoms with Crippen molar-refractivity contribution >= 4 is 34.7 Å². The van der Waals surface area contributed by atoms with E-state index in [1.807, 2.05) is 37.3 Å². The van der Waals surface area contributed by atoms with Gasteiger partial charge < -0.3 is 15.4 Å². The summed E-state index contributed by atoms with van der Waals surface area (Å²) >= 11 is 6.14. The molecule has 0 saturated heterocycles. The Kier molecular flexibility index (Phi) is 5.71. The lowest BCUT2D eigenvalue weighted by molar-refractivity contribution is 0.102. The molecule has 3 aromatic rings. The lowest BCUT2D eigenvalue weighted by Gasteiger charge is -2.10. The van der Waals surface area contributed by atoms with E-state index >= 15 is 0 Å². The number of nitrogens with one attached hydrogen (secondary N) is 2. The maximum Gasteiger partial charge on any atom is 0.255 e. The highest BCUT2D eigenvalue weighted by molar-refractivity contribution is 6.33. The van der Waals surface area contributed by atoms with E-state index in [-0.39, 0.29) is 5.91 Å². The van der Waals surface area contributed by atoms with Crippen LogP contribution in [0.15, 0.2) is 66.9 Å². The second-order valence-electron chi connectivity index (χ2n) is 5.45. The van der Waals surface area contributed by atoms with E-state index in [1.165, 1.54) is 0 Å². The van der Waals surface area contributed by atoms with Gasteiger partial charge in [0.1, 0.15) is 11.6 Å². The first kappa shape index (κ1) is 17.8. The number of anilines is 3. The number of carbonyl (C=O) groups excluding carboxylic acids is 1. The summed E-state index contributed by atoms with van der Waals surface area (Å²) in [7, 11) is 0. The minimum Gasteiger partial charge on any atom is -0.494 e. The van der Waals surface area contributed by atoms with Crippen LogP contribution in [0.25, 0.3) is 0 Å². The molecule has 1 aromatic heterocycles. The number of aromatic nitrogens is 1. The van der Waals surface area contributed by atoms with E-state index in [9.17, 15) is 4.79 Å². The maximum absolute atomic E-state index is 12.5. The predicted molar refractivity (Wildman–Crippen MR) is 105 cm³/mol. The van der Waals surface area contributed by atoms with Crippen molar-refractivity contribution in [3.05, 3.63) is 77.4 Å². The number of pyridine rings is 1. The number of rotatable bonds is 6. The van der Waals surface area contributed by atoms with Crippen molar-refractivity contribution in [3.8, 4) is 5.75 Å². The molecule has 0 aliphatic heterocycles. The Morgan fingerprint density at radius 3 is 2.62 bits per heavy atom. The summed E-state index contributed by atoms with van der Waals surface area (Å²) in [5.41, 5.74) is 1.91. The van der Waals surface area contributed by atoms with Gasteiger partial charge in [0.05, 0.1) is 17.3 Å². The fourth-order valence-corrected chi connectivity index (χ4v) is 2.53. The fourth-order valence-electron chi connectivity index (χ4n) is 2.35. The highest BCUT2D eigenvalue weighted by Crippen LogP contribution is 2.24. The van der Waals surface area contributed by atoms with Crippen LogP contribution in [0.1, 0.15) is 17.3 Å². The number of amides is 1. The van der Waals surface area contributed by atoms with Crippen molar-refractivity contribution in [3.63, 3.8) is 0 Å². The molecule has 2 aromatic carbocycles. The van der Waals surface area contributed by atoms with Crippen LogP contribution >= 0.6 is 11.6 Å². The van der Waals surface area contributed by atoms with Gasteiger partial charge in [-0.05, 0) is 55.5 Å².